The van der Waals surface area contributed by atoms with Gasteiger partial charge < -0.3 is 44.6 Å². The van der Waals surface area contributed by atoms with Crippen LogP contribution in [0.1, 0.15) is 168 Å². The van der Waals surface area contributed by atoms with Crippen LogP contribution in [0.15, 0.2) is 60.8 Å². The van der Waals surface area contributed by atoms with E-state index in [-0.39, 0.29) is 12.8 Å². The summed E-state index contributed by atoms with van der Waals surface area (Å²) in [5.41, 5.74) is 0. The van der Waals surface area contributed by atoms with E-state index in [1.807, 2.05) is 0 Å². The van der Waals surface area contributed by atoms with Gasteiger partial charge in [-0.1, -0.05) is 139 Å². The summed E-state index contributed by atoms with van der Waals surface area (Å²) in [5, 5.41) is 41.2. The van der Waals surface area contributed by atoms with Crippen molar-refractivity contribution in [3.05, 3.63) is 60.8 Å². The van der Waals surface area contributed by atoms with Crippen molar-refractivity contribution in [3.63, 3.8) is 0 Å². The molecule has 1 saturated carbocycles. The highest BCUT2D eigenvalue weighted by molar-refractivity contribution is 7.47. The Labute approximate surface area is 388 Å². The Balaban J connectivity index is 2.61. The van der Waals surface area contributed by atoms with Crippen LogP contribution < -0.4 is 0 Å². The van der Waals surface area contributed by atoms with Crippen LogP contribution in [0, 0.1) is 0 Å². The van der Waals surface area contributed by atoms with Crippen LogP contribution in [0.5, 0.6) is 0 Å². The molecule has 18 heteroatoms. The lowest BCUT2D eigenvalue weighted by atomic mass is 9.85. The first kappa shape index (κ1) is 60.7. The van der Waals surface area contributed by atoms with Crippen molar-refractivity contribution in [2.75, 3.05) is 13.2 Å². The Morgan fingerprint density at radius 1 is 0.508 bits per heavy atom. The van der Waals surface area contributed by atoms with Gasteiger partial charge in [-0.2, -0.15) is 0 Å². The van der Waals surface area contributed by atoms with Crippen LogP contribution in [0.25, 0.3) is 0 Å². The summed E-state index contributed by atoms with van der Waals surface area (Å²) < 4.78 is 49.4. The standard InChI is InChI=1S/C47H82O16P2/c1-3-5-7-9-11-13-15-17-19-20-22-23-25-27-29-31-33-35-40(48)59-37-39(61-41(49)36-34-32-30-28-26-24-21-18-16-14-12-10-8-6-4-2)38-60-65(57,58)63-47-44(52)42(50)43(51)46(45(47)53)62-64(54,55)56/h5,7,11,13-14,16-17,19,22-23,39,42-47,50-53H,3-4,6,8-10,12,15,18,20-21,24-38H2,1-2H3,(H,57,58)(H2,54,55,56)/b7-5-,13-11-,16-14-,19-17-,23-22-/t39-,42?,43?,44?,45?,46-,47+/m1/s1. The molecule has 0 aromatic carbocycles. The van der Waals surface area contributed by atoms with E-state index in [1.54, 1.807) is 0 Å². The van der Waals surface area contributed by atoms with Gasteiger partial charge in [0.25, 0.3) is 0 Å². The summed E-state index contributed by atoms with van der Waals surface area (Å²) in [6.07, 6.45) is 28.9. The molecule has 1 aliphatic rings. The SMILES string of the molecule is CC/C=C\C/C=C\C/C=C\C/C=C\CCCCCCC(=O)OC[C@H](COP(=O)(O)O[C@H]1C(O)C(O)C(O)[C@@H](OP(=O)(O)O)C1O)OC(=O)CCCCCCCCC/C=C\CCCCCC. The molecule has 0 bridgehead atoms. The number of phosphoric ester groups is 2. The van der Waals surface area contributed by atoms with Crippen molar-refractivity contribution in [1.29, 1.82) is 0 Å². The van der Waals surface area contributed by atoms with Crippen molar-refractivity contribution >= 4 is 27.6 Å². The molecule has 0 aromatic rings. The van der Waals surface area contributed by atoms with E-state index in [0.29, 0.717) is 12.8 Å². The van der Waals surface area contributed by atoms with E-state index in [9.17, 15) is 53.8 Å². The predicted molar refractivity (Wildman–Crippen MR) is 250 cm³/mol. The zero-order valence-electron chi connectivity index (χ0n) is 38.9. The fourth-order valence-electron chi connectivity index (χ4n) is 6.89. The van der Waals surface area contributed by atoms with Gasteiger partial charge >= 0.3 is 27.6 Å². The zero-order valence-corrected chi connectivity index (χ0v) is 40.7. The second-order valence-corrected chi connectivity index (χ2v) is 19.0. The fourth-order valence-corrected chi connectivity index (χ4v) is 8.43. The molecule has 0 saturated heterocycles. The number of aliphatic hydroxyl groups is 4. The average Bonchev–Trinajstić information content (AvgIpc) is 3.26. The first-order chi connectivity index (χ1) is 31.1. The first-order valence-electron chi connectivity index (χ1n) is 23.8. The normalized spacial score (nSPS) is 22.2. The molecule has 8 atom stereocenters. The molecule has 0 aromatic heterocycles. The third-order valence-electron chi connectivity index (χ3n) is 10.6. The van der Waals surface area contributed by atoms with E-state index < -0.39 is 83.5 Å². The number of ether oxygens (including phenoxy) is 2. The third kappa shape index (κ3) is 32.2. The maximum atomic E-state index is 13.0. The van der Waals surface area contributed by atoms with E-state index in [2.05, 4.69) is 79.1 Å². The number of hydrogen-bond acceptors (Lipinski definition) is 13. The molecule has 1 aliphatic carbocycles. The quantitative estimate of drug-likeness (QED) is 0.0131. The Hall–Kier alpha value is -2.30. The van der Waals surface area contributed by atoms with E-state index in [0.717, 1.165) is 103 Å². The highest BCUT2D eigenvalue weighted by atomic mass is 31.2. The molecule has 1 rings (SSSR count). The molecule has 0 spiro atoms. The number of unbranched alkanes of at least 4 members (excludes halogenated alkanes) is 15. The van der Waals surface area contributed by atoms with Crippen LogP contribution in [0.2, 0.25) is 0 Å². The smallest absolute Gasteiger partial charge is 0.462 e. The zero-order chi connectivity index (χ0) is 48.2. The first-order valence-corrected chi connectivity index (χ1v) is 26.9. The minimum Gasteiger partial charge on any atom is -0.462 e. The molecule has 65 heavy (non-hydrogen) atoms. The minimum atomic E-state index is -5.37. The lowest BCUT2D eigenvalue weighted by Crippen LogP contribution is -2.64. The fraction of sp³-hybridized carbons (Fsp3) is 0.745. The lowest BCUT2D eigenvalue weighted by Gasteiger charge is -2.43. The summed E-state index contributed by atoms with van der Waals surface area (Å²) >= 11 is 0. The van der Waals surface area contributed by atoms with Gasteiger partial charge in [0.05, 0.1) is 6.61 Å². The van der Waals surface area contributed by atoms with Crippen molar-refractivity contribution in [2.24, 2.45) is 0 Å². The van der Waals surface area contributed by atoms with Crippen molar-refractivity contribution in [2.45, 2.75) is 211 Å². The van der Waals surface area contributed by atoms with Gasteiger partial charge in [0.15, 0.2) is 6.10 Å². The number of carbonyl (C=O) groups is 2. The highest BCUT2D eigenvalue weighted by Gasteiger charge is 2.54. The Bertz CT molecular complexity index is 1490. The summed E-state index contributed by atoms with van der Waals surface area (Å²) in [6, 6.07) is 0. The summed E-state index contributed by atoms with van der Waals surface area (Å²) in [6.45, 7) is 2.96. The molecule has 7 N–H and O–H groups in total. The van der Waals surface area contributed by atoms with Crippen molar-refractivity contribution < 1.29 is 76.9 Å². The molecule has 376 valence electrons. The van der Waals surface area contributed by atoms with Crippen LogP contribution in [0.4, 0.5) is 0 Å². The number of aliphatic hydroxyl groups excluding tert-OH is 4. The number of esters is 2. The van der Waals surface area contributed by atoms with Gasteiger partial charge in [0, 0.05) is 12.8 Å². The number of phosphoric acid groups is 2. The Kier molecular flexibility index (Phi) is 35.2. The summed E-state index contributed by atoms with van der Waals surface area (Å²) in [4.78, 5) is 54.3. The maximum Gasteiger partial charge on any atom is 0.472 e. The highest BCUT2D eigenvalue weighted by Crippen LogP contribution is 2.49. The molecule has 0 amide bonds. The molecular formula is C47H82O16P2. The van der Waals surface area contributed by atoms with Crippen LogP contribution in [-0.2, 0) is 41.8 Å². The second kappa shape index (κ2) is 37.7. The van der Waals surface area contributed by atoms with Crippen molar-refractivity contribution in [3.8, 4) is 0 Å². The maximum absolute atomic E-state index is 13.0. The number of rotatable bonds is 39. The Morgan fingerprint density at radius 3 is 1.45 bits per heavy atom. The molecule has 0 radical (unpaired) electrons. The molecule has 5 unspecified atom stereocenters. The monoisotopic (exact) mass is 965 g/mol. The molecule has 1 fully saturated rings. The van der Waals surface area contributed by atoms with Gasteiger partial charge in [0.1, 0.15) is 43.2 Å². The second-order valence-electron chi connectivity index (χ2n) is 16.4. The van der Waals surface area contributed by atoms with E-state index >= 15 is 0 Å². The van der Waals surface area contributed by atoms with Gasteiger partial charge in [-0.15, -0.1) is 0 Å². The number of hydrogen-bond donors (Lipinski definition) is 7. The minimum absolute atomic E-state index is 0.0311. The number of allylic oxidation sites excluding steroid dienone is 10. The van der Waals surface area contributed by atoms with Crippen molar-refractivity contribution in [1.82, 2.24) is 0 Å². The van der Waals surface area contributed by atoms with Gasteiger partial charge in [-0.3, -0.25) is 23.2 Å². The van der Waals surface area contributed by atoms with Crippen LogP contribution in [-0.4, -0.2) is 103 Å². The largest absolute Gasteiger partial charge is 0.472 e. The molecule has 16 nitrogen and oxygen atoms in total. The van der Waals surface area contributed by atoms with E-state index in [1.165, 1.54) is 25.7 Å². The van der Waals surface area contributed by atoms with E-state index in [4.69, 9.17) is 18.5 Å². The molecule has 0 heterocycles. The van der Waals surface area contributed by atoms with Crippen LogP contribution in [0.3, 0.4) is 0 Å². The number of carbonyl (C=O) groups excluding carboxylic acids is 2. The predicted octanol–water partition coefficient (Wildman–Crippen LogP) is 9.06. The molecular weight excluding hydrogens is 882 g/mol. The van der Waals surface area contributed by atoms with Crippen LogP contribution >= 0.6 is 15.6 Å². The van der Waals surface area contributed by atoms with Gasteiger partial charge in [-0.05, 0) is 77.0 Å². The molecule has 0 aliphatic heterocycles. The Morgan fingerprint density at radius 2 is 0.938 bits per heavy atom. The summed E-state index contributed by atoms with van der Waals surface area (Å²) in [7, 11) is -10.7. The average molecular weight is 965 g/mol. The third-order valence-corrected chi connectivity index (χ3v) is 12.1. The van der Waals surface area contributed by atoms with Gasteiger partial charge in [-0.25, -0.2) is 9.13 Å². The summed E-state index contributed by atoms with van der Waals surface area (Å²) in [5.74, 6) is -1.24. The van der Waals surface area contributed by atoms with Gasteiger partial charge in [0.2, 0.25) is 0 Å². The topological polar surface area (TPSA) is 256 Å². The lowest BCUT2D eigenvalue weighted by molar-refractivity contribution is -0.216.